The van der Waals surface area contributed by atoms with Crippen LogP contribution in [0.5, 0.6) is 0 Å². The van der Waals surface area contributed by atoms with Gasteiger partial charge in [0, 0.05) is 31.5 Å². The molecule has 0 saturated heterocycles. The van der Waals surface area contributed by atoms with Gasteiger partial charge < -0.3 is 15.4 Å². The fourth-order valence-corrected chi connectivity index (χ4v) is 3.89. The molecule has 0 aliphatic carbocycles. The maximum absolute atomic E-state index is 12.3. The van der Waals surface area contributed by atoms with Crippen LogP contribution in [0, 0.1) is 13.8 Å². The van der Waals surface area contributed by atoms with Crippen molar-refractivity contribution in [3.63, 3.8) is 0 Å². The number of aromatic nitrogens is 2. The van der Waals surface area contributed by atoms with E-state index in [2.05, 4.69) is 41.8 Å². The number of anilines is 1. The Balaban J connectivity index is 2.11. The standard InChI is InChI=1S/C19H24N4O2S/c1-5-20-18(24)16-13(3)23-17(21-10-11-25-4)15(22-19(23)26-16)14-8-6-12(2)7-9-14/h6-9,21H,5,10-11H2,1-4H3,(H,20,24). The van der Waals surface area contributed by atoms with Crippen LogP contribution >= 0.6 is 11.3 Å². The third-order valence-electron chi connectivity index (χ3n) is 4.17. The molecule has 6 nitrogen and oxygen atoms in total. The summed E-state index contributed by atoms with van der Waals surface area (Å²) < 4.78 is 7.19. The van der Waals surface area contributed by atoms with Gasteiger partial charge in [0.15, 0.2) is 4.96 Å². The van der Waals surface area contributed by atoms with E-state index in [4.69, 9.17) is 9.72 Å². The zero-order valence-corrected chi connectivity index (χ0v) is 16.4. The van der Waals surface area contributed by atoms with E-state index in [-0.39, 0.29) is 5.91 Å². The molecule has 2 aromatic heterocycles. The number of nitrogens with zero attached hydrogens (tertiary/aromatic N) is 2. The molecule has 1 aromatic carbocycles. The first-order valence-electron chi connectivity index (χ1n) is 8.66. The molecule has 138 valence electrons. The first-order chi connectivity index (χ1) is 12.6. The Kier molecular flexibility index (Phi) is 5.58. The van der Waals surface area contributed by atoms with E-state index in [1.165, 1.54) is 16.9 Å². The van der Waals surface area contributed by atoms with Gasteiger partial charge in [0.05, 0.1) is 6.61 Å². The molecule has 7 heteroatoms. The second-order valence-corrected chi connectivity index (χ2v) is 7.07. The Labute approximate surface area is 157 Å². The number of benzene rings is 1. The minimum atomic E-state index is -0.0553. The Bertz CT molecular complexity index is 912. The fourth-order valence-electron chi connectivity index (χ4n) is 2.84. The van der Waals surface area contributed by atoms with Crippen LogP contribution in [0.25, 0.3) is 16.2 Å². The van der Waals surface area contributed by atoms with Crippen molar-refractivity contribution in [2.24, 2.45) is 0 Å². The number of imidazole rings is 1. The van der Waals surface area contributed by atoms with Gasteiger partial charge in [-0.05, 0) is 20.8 Å². The van der Waals surface area contributed by atoms with Crippen LogP contribution in [-0.4, -0.2) is 42.1 Å². The van der Waals surface area contributed by atoms with Crippen molar-refractivity contribution in [3.8, 4) is 11.3 Å². The van der Waals surface area contributed by atoms with Crippen LogP contribution < -0.4 is 10.6 Å². The number of hydrogen-bond acceptors (Lipinski definition) is 5. The largest absolute Gasteiger partial charge is 0.383 e. The number of rotatable bonds is 7. The molecule has 0 bridgehead atoms. The highest BCUT2D eigenvalue weighted by molar-refractivity contribution is 7.19. The molecule has 0 aliphatic heterocycles. The molecule has 0 fully saturated rings. The van der Waals surface area contributed by atoms with Crippen molar-refractivity contribution < 1.29 is 9.53 Å². The smallest absolute Gasteiger partial charge is 0.263 e. The molecule has 0 aliphatic rings. The van der Waals surface area contributed by atoms with Crippen LogP contribution in [0.1, 0.15) is 27.9 Å². The van der Waals surface area contributed by atoms with Crippen LogP contribution in [0.2, 0.25) is 0 Å². The SMILES string of the molecule is CCNC(=O)c1sc2nc(-c3ccc(C)cc3)c(NCCOC)n2c1C. The van der Waals surface area contributed by atoms with Crippen molar-refractivity contribution in [2.75, 3.05) is 32.1 Å². The summed E-state index contributed by atoms with van der Waals surface area (Å²) in [6.45, 7) is 7.79. The lowest BCUT2D eigenvalue weighted by Gasteiger charge is -2.09. The summed E-state index contributed by atoms with van der Waals surface area (Å²) >= 11 is 1.41. The molecule has 26 heavy (non-hydrogen) atoms. The highest BCUT2D eigenvalue weighted by Gasteiger charge is 2.22. The fraction of sp³-hybridized carbons (Fsp3) is 0.368. The number of carbonyl (C=O) groups excluding carboxylic acids is 1. The summed E-state index contributed by atoms with van der Waals surface area (Å²) in [6, 6.07) is 8.30. The molecular formula is C19H24N4O2S. The third-order valence-corrected chi connectivity index (χ3v) is 5.31. The molecule has 2 heterocycles. The number of thiazole rings is 1. The van der Waals surface area contributed by atoms with Gasteiger partial charge in [0.1, 0.15) is 16.4 Å². The van der Waals surface area contributed by atoms with Gasteiger partial charge in [-0.3, -0.25) is 9.20 Å². The van der Waals surface area contributed by atoms with Gasteiger partial charge in [0.2, 0.25) is 0 Å². The maximum atomic E-state index is 12.3. The summed E-state index contributed by atoms with van der Waals surface area (Å²) in [6.07, 6.45) is 0. The Hall–Kier alpha value is -2.38. The predicted octanol–water partition coefficient (Wildman–Crippen LogP) is 3.49. The van der Waals surface area contributed by atoms with Crippen LogP contribution in [-0.2, 0) is 4.74 Å². The Morgan fingerprint density at radius 2 is 2.00 bits per heavy atom. The molecule has 3 aromatic rings. The van der Waals surface area contributed by atoms with E-state index in [1.807, 2.05) is 18.2 Å². The van der Waals surface area contributed by atoms with E-state index in [9.17, 15) is 4.79 Å². The van der Waals surface area contributed by atoms with E-state index < -0.39 is 0 Å². The van der Waals surface area contributed by atoms with Gasteiger partial charge in [-0.15, -0.1) is 0 Å². The highest BCUT2D eigenvalue weighted by Crippen LogP contribution is 2.34. The van der Waals surface area contributed by atoms with Gasteiger partial charge in [-0.25, -0.2) is 4.98 Å². The average Bonchev–Trinajstić information content (AvgIpc) is 3.14. The summed E-state index contributed by atoms with van der Waals surface area (Å²) in [4.78, 5) is 18.6. The topological polar surface area (TPSA) is 67.7 Å². The highest BCUT2D eigenvalue weighted by atomic mass is 32.1. The minimum absolute atomic E-state index is 0.0553. The molecule has 0 radical (unpaired) electrons. The van der Waals surface area contributed by atoms with Gasteiger partial charge in [-0.1, -0.05) is 41.2 Å². The summed E-state index contributed by atoms with van der Waals surface area (Å²) in [7, 11) is 1.68. The second kappa shape index (κ2) is 7.88. The van der Waals surface area contributed by atoms with Crippen LogP contribution in [0.4, 0.5) is 5.82 Å². The van der Waals surface area contributed by atoms with E-state index in [0.29, 0.717) is 24.6 Å². The Morgan fingerprint density at radius 1 is 1.27 bits per heavy atom. The number of amides is 1. The summed E-state index contributed by atoms with van der Waals surface area (Å²) in [5.74, 6) is 0.838. The van der Waals surface area contributed by atoms with Gasteiger partial charge in [0.25, 0.3) is 5.91 Å². The molecule has 0 spiro atoms. The summed E-state index contributed by atoms with van der Waals surface area (Å²) in [5, 5.41) is 6.29. The normalized spacial score (nSPS) is 11.1. The number of nitrogens with one attached hydrogen (secondary N) is 2. The first-order valence-corrected chi connectivity index (χ1v) is 9.48. The van der Waals surface area contributed by atoms with Crippen molar-refractivity contribution in [1.82, 2.24) is 14.7 Å². The van der Waals surface area contributed by atoms with Gasteiger partial charge in [-0.2, -0.15) is 0 Å². The predicted molar refractivity (Wildman–Crippen MR) is 106 cm³/mol. The zero-order chi connectivity index (χ0) is 18.7. The number of ether oxygens (including phenoxy) is 1. The monoisotopic (exact) mass is 372 g/mol. The number of fused-ring (bicyclic) bond motifs is 1. The third kappa shape index (κ3) is 3.45. The minimum Gasteiger partial charge on any atom is -0.383 e. The molecule has 0 unspecified atom stereocenters. The number of carbonyl (C=O) groups is 1. The quantitative estimate of drug-likeness (QED) is 0.623. The number of methoxy groups -OCH3 is 1. The van der Waals surface area contributed by atoms with E-state index >= 15 is 0 Å². The molecule has 3 rings (SSSR count). The molecule has 1 amide bonds. The Morgan fingerprint density at radius 3 is 2.65 bits per heavy atom. The lowest BCUT2D eigenvalue weighted by atomic mass is 10.1. The van der Waals surface area contributed by atoms with Crippen molar-refractivity contribution in [1.29, 1.82) is 0 Å². The molecule has 0 saturated carbocycles. The maximum Gasteiger partial charge on any atom is 0.263 e. The molecule has 2 N–H and O–H groups in total. The van der Waals surface area contributed by atoms with Crippen LogP contribution in [0.3, 0.4) is 0 Å². The first kappa shape index (κ1) is 18.4. The molecular weight excluding hydrogens is 348 g/mol. The van der Waals surface area contributed by atoms with E-state index in [0.717, 1.165) is 27.7 Å². The van der Waals surface area contributed by atoms with Crippen molar-refractivity contribution in [3.05, 3.63) is 40.4 Å². The van der Waals surface area contributed by atoms with Crippen LogP contribution in [0.15, 0.2) is 24.3 Å². The van der Waals surface area contributed by atoms with Crippen molar-refractivity contribution >= 4 is 28.0 Å². The van der Waals surface area contributed by atoms with Gasteiger partial charge >= 0.3 is 0 Å². The molecule has 0 atom stereocenters. The van der Waals surface area contributed by atoms with Crippen molar-refractivity contribution in [2.45, 2.75) is 20.8 Å². The lowest BCUT2D eigenvalue weighted by Crippen LogP contribution is -2.22. The number of aryl methyl sites for hydroxylation is 2. The number of hydrogen-bond donors (Lipinski definition) is 2. The summed E-state index contributed by atoms with van der Waals surface area (Å²) in [5.41, 5.74) is 4.03. The zero-order valence-electron chi connectivity index (χ0n) is 15.5. The van der Waals surface area contributed by atoms with E-state index in [1.54, 1.807) is 7.11 Å². The second-order valence-electron chi connectivity index (χ2n) is 6.09. The lowest BCUT2D eigenvalue weighted by molar-refractivity contribution is 0.0959. The average molecular weight is 372 g/mol.